The molecule has 8 atom stereocenters. The zero-order valence-corrected chi connectivity index (χ0v) is 34.5. The summed E-state index contributed by atoms with van der Waals surface area (Å²) in [5.41, 5.74) is 1.61. The lowest BCUT2D eigenvalue weighted by Crippen LogP contribution is -2.66. The van der Waals surface area contributed by atoms with Gasteiger partial charge in [0.2, 0.25) is 5.91 Å². The second-order valence-electron chi connectivity index (χ2n) is 17.2. The molecule has 3 aromatic carbocycles. The highest BCUT2D eigenvalue weighted by Gasteiger charge is 2.60. The van der Waals surface area contributed by atoms with Crippen molar-refractivity contribution in [3.05, 3.63) is 89.4 Å². The second-order valence-corrected chi connectivity index (χ2v) is 18.8. The number of hydrogen-bond acceptors (Lipinski definition) is 10. The van der Waals surface area contributed by atoms with Crippen LogP contribution in [-0.2, 0) is 25.3 Å². The summed E-state index contributed by atoms with van der Waals surface area (Å²) in [7, 11) is -3.07. The van der Waals surface area contributed by atoms with E-state index in [2.05, 4.69) is 39.0 Å². The molecule has 3 aromatic rings. The Labute approximate surface area is 343 Å². The maximum atomic E-state index is 16.9. The smallest absolute Gasteiger partial charge is 0.468 e. The summed E-state index contributed by atoms with van der Waals surface area (Å²) in [6, 6.07) is 15.1. The molecule has 0 radical (unpaired) electrons. The van der Waals surface area contributed by atoms with Gasteiger partial charge in [0.25, 0.3) is 0 Å². The van der Waals surface area contributed by atoms with Gasteiger partial charge >= 0.3 is 13.7 Å². The van der Waals surface area contributed by atoms with Crippen LogP contribution in [0.25, 0.3) is 16.8 Å². The molecule has 5 fully saturated rings. The third-order valence-electron chi connectivity index (χ3n) is 13.5. The van der Waals surface area contributed by atoms with Gasteiger partial charge in [0.1, 0.15) is 35.0 Å². The standard InChI is InChI=1S/C36H37FN5O6P.C8H14FN/c1-4-27-22-11-10-21-14-26(48-49(45,41-20(2)34(43)46-3)47-25-8-6-5-7-9-25)15-28(30(21)27)32-31(37)33-29(17-38-32)36(16-22,35(44)40-33)42-18-23-12-13-24(19-42)39-23;1-8-3-2-4-10(8)6-7(9)5-8/h4-11,14-15,20,23-24,29,39H,1,12-13,16-19H2,2-3H3,(H,40,44)(H,41,45);7H,2-6H2,1H3/t20-,23?,24?,29?,36+,49?;7-,8+/m01/s1. The molecule has 4 unspecified atom stereocenters. The molecule has 0 saturated carbocycles. The van der Waals surface area contributed by atoms with E-state index in [-0.39, 0.29) is 53.0 Å². The van der Waals surface area contributed by atoms with Crippen molar-refractivity contribution >= 4 is 42.2 Å². The van der Waals surface area contributed by atoms with Gasteiger partial charge in [-0.3, -0.25) is 24.4 Å². The Balaban J connectivity index is 0.000000390. The summed E-state index contributed by atoms with van der Waals surface area (Å²) >= 11 is 0. The fourth-order valence-corrected chi connectivity index (χ4v) is 12.2. The van der Waals surface area contributed by atoms with E-state index in [1.54, 1.807) is 48.5 Å². The molecule has 12 nitrogen and oxygen atoms in total. The van der Waals surface area contributed by atoms with E-state index < -0.39 is 43.2 Å². The number of amides is 1. The average molecular weight is 829 g/mol. The van der Waals surface area contributed by atoms with Gasteiger partial charge in [-0.15, -0.1) is 0 Å². The number of rotatable bonds is 9. The number of halogens is 2. The van der Waals surface area contributed by atoms with Crippen molar-refractivity contribution in [3.8, 4) is 11.5 Å². The van der Waals surface area contributed by atoms with E-state index in [9.17, 15) is 18.5 Å². The van der Waals surface area contributed by atoms with Gasteiger partial charge in [0.15, 0.2) is 5.83 Å². The Kier molecular flexibility index (Phi) is 10.3. The summed E-state index contributed by atoms with van der Waals surface area (Å²) in [6.45, 7) is 11.2. The van der Waals surface area contributed by atoms with Gasteiger partial charge in [-0.25, -0.2) is 13.3 Å². The first-order chi connectivity index (χ1) is 28.3. The Morgan fingerprint density at radius 1 is 1.08 bits per heavy atom. The third kappa shape index (κ3) is 7.00. The first-order valence-electron chi connectivity index (χ1n) is 20.6. The molecule has 7 heterocycles. The predicted octanol–water partition coefficient (Wildman–Crippen LogP) is 6.24. The topological polar surface area (TPSA) is 134 Å². The van der Waals surface area contributed by atoms with Crippen molar-refractivity contribution < 1.29 is 36.7 Å². The number of ether oxygens (including phenoxy) is 1. The number of methoxy groups -OCH3 is 1. The Morgan fingerprint density at radius 2 is 1.83 bits per heavy atom. The number of fused-ring (bicyclic) bond motifs is 4. The summed E-state index contributed by atoms with van der Waals surface area (Å²) < 4.78 is 60.8. The van der Waals surface area contributed by atoms with E-state index in [1.165, 1.54) is 26.9 Å². The molecule has 8 aliphatic rings. The SMILES string of the molecule is C=Cc1c2ccc3cc(OP(=O)(N[C@@H](C)C(=O)OC)Oc4ccccc4)cc(c13)C1=NCC3C(=C1F)NC(=O)[C@@]3(N1CC3CCC(C1)N3)C2.C[C@@]12CCCN1C[C@H](F)C2. The van der Waals surface area contributed by atoms with Crippen molar-refractivity contribution in [1.29, 1.82) is 0 Å². The number of hydrogen-bond donors (Lipinski definition) is 3. The fourth-order valence-electron chi connectivity index (χ4n) is 10.7. The molecule has 15 heteroatoms. The predicted molar refractivity (Wildman–Crippen MR) is 222 cm³/mol. The number of aliphatic imine (C=N–C) groups is 1. The number of carbonyl (C=O) groups is 2. The molecular formula is C44H51F2N6O6P. The Morgan fingerprint density at radius 3 is 2.54 bits per heavy atom. The number of para-hydroxylation sites is 1. The second kappa shape index (κ2) is 15.2. The van der Waals surface area contributed by atoms with Crippen LogP contribution in [0.1, 0.15) is 62.6 Å². The number of piperazine rings is 1. The lowest BCUT2D eigenvalue weighted by atomic mass is 9.74. The Bertz CT molecular complexity index is 2310. The number of benzene rings is 3. The molecule has 7 aliphatic heterocycles. The van der Waals surface area contributed by atoms with Crippen LogP contribution in [-0.4, -0.2) is 103 Å². The van der Waals surface area contributed by atoms with E-state index in [4.69, 9.17) is 18.8 Å². The molecule has 1 aliphatic carbocycles. The minimum Gasteiger partial charge on any atom is -0.468 e. The lowest BCUT2D eigenvalue weighted by molar-refractivity contribution is -0.142. The quantitative estimate of drug-likeness (QED) is 0.168. The number of nitrogens with zero attached hydrogens (tertiary/aromatic N) is 3. The van der Waals surface area contributed by atoms with E-state index >= 15 is 4.39 Å². The van der Waals surface area contributed by atoms with Crippen LogP contribution in [0.5, 0.6) is 11.5 Å². The first-order valence-corrected chi connectivity index (χ1v) is 22.2. The zero-order chi connectivity index (χ0) is 41.3. The summed E-state index contributed by atoms with van der Waals surface area (Å²) in [6.07, 6.45) is 6.88. The van der Waals surface area contributed by atoms with Crippen LogP contribution in [0.4, 0.5) is 8.78 Å². The lowest BCUT2D eigenvalue weighted by Gasteiger charge is -2.47. The van der Waals surface area contributed by atoms with Gasteiger partial charge in [0.05, 0.1) is 19.4 Å². The number of likely N-dealkylation sites (tertiary alicyclic amines) is 1. The van der Waals surface area contributed by atoms with Crippen LogP contribution >= 0.6 is 7.75 Å². The van der Waals surface area contributed by atoms with Crippen molar-refractivity contribution in [3.63, 3.8) is 0 Å². The Hall–Kier alpha value is -4.46. The van der Waals surface area contributed by atoms with Gasteiger partial charge in [-0.1, -0.05) is 43.0 Å². The molecule has 0 aromatic heterocycles. The highest BCUT2D eigenvalue weighted by molar-refractivity contribution is 7.52. The van der Waals surface area contributed by atoms with Crippen LogP contribution in [0.15, 0.2) is 77.7 Å². The van der Waals surface area contributed by atoms with Crippen LogP contribution in [0, 0.1) is 5.92 Å². The highest BCUT2D eigenvalue weighted by Crippen LogP contribution is 2.50. The maximum absolute atomic E-state index is 16.9. The molecule has 11 rings (SSSR count). The van der Waals surface area contributed by atoms with Gasteiger partial charge < -0.3 is 24.4 Å². The number of esters is 1. The minimum atomic E-state index is -4.30. The first kappa shape index (κ1) is 40.0. The highest BCUT2D eigenvalue weighted by atomic mass is 31.2. The van der Waals surface area contributed by atoms with Gasteiger partial charge in [-0.05, 0) is 98.7 Å². The normalized spacial score (nSPS) is 30.9. The maximum Gasteiger partial charge on any atom is 0.513 e. The fraction of sp³-hybridized carbons (Fsp3) is 0.477. The van der Waals surface area contributed by atoms with Crippen molar-refractivity contribution in [2.24, 2.45) is 10.9 Å². The molecule has 8 bridgehead atoms. The molecule has 5 saturated heterocycles. The van der Waals surface area contributed by atoms with Crippen LogP contribution < -0.4 is 24.8 Å². The monoisotopic (exact) mass is 828 g/mol. The molecule has 3 N–H and O–H groups in total. The van der Waals surface area contributed by atoms with Crippen LogP contribution in [0.3, 0.4) is 0 Å². The largest absolute Gasteiger partial charge is 0.513 e. The van der Waals surface area contributed by atoms with Gasteiger partial charge in [-0.2, -0.15) is 5.09 Å². The summed E-state index contributed by atoms with van der Waals surface area (Å²) in [5, 5.41) is 10.6. The minimum absolute atomic E-state index is 0.0648. The van der Waals surface area contributed by atoms with E-state index in [1.807, 2.05) is 12.1 Å². The van der Waals surface area contributed by atoms with Crippen LogP contribution in [0.2, 0.25) is 0 Å². The number of carbonyl (C=O) groups excluding carboxylic acids is 2. The van der Waals surface area contributed by atoms with E-state index in [0.717, 1.165) is 36.9 Å². The summed E-state index contributed by atoms with van der Waals surface area (Å²) in [4.78, 5) is 36.0. The molecule has 312 valence electrons. The number of dihydropyridines is 1. The molecular weight excluding hydrogens is 777 g/mol. The number of nitrogens with one attached hydrogen (secondary N) is 3. The number of alkyl halides is 1. The van der Waals surface area contributed by atoms with Crippen molar-refractivity contribution in [2.75, 3.05) is 39.8 Å². The molecule has 0 spiro atoms. The van der Waals surface area contributed by atoms with Crippen molar-refractivity contribution in [1.82, 2.24) is 25.5 Å². The van der Waals surface area contributed by atoms with Crippen molar-refractivity contribution in [2.45, 2.75) is 87.7 Å². The zero-order valence-electron chi connectivity index (χ0n) is 33.6. The average Bonchev–Trinajstić information content (AvgIpc) is 3.92. The molecule has 1 amide bonds. The van der Waals surface area contributed by atoms with E-state index in [0.29, 0.717) is 42.4 Å². The third-order valence-corrected chi connectivity index (χ3v) is 15.1. The molecule has 59 heavy (non-hydrogen) atoms. The number of allylic oxidation sites excluding steroid dienone is 1. The van der Waals surface area contributed by atoms with Gasteiger partial charge in [0, 0.05) is 55.2 Å². The summed E-state index contributed by atoms with van der Waals surface area (Å²) in [5.74, 6) is -1.65.